The number of esters is 1. The van der Waals surface area contributed by atoms with Crippen LogP contribution >= 0.6 is 0 Å². The van der Waals surface area contributed by atoms with Gasteiger partial charge in [0.15, 0.2) is 6.10 Å². The molecule has 23 heavy (non-hydrogen) atoms. The zero-order valence-corrected chi connectivity index (χ0v) is 14.6. The molecule has 2 rings (SSSR count). The third kappa shape index (κ3) is 5.54. The molecule has 1 aromatic rings. The molecule has 1 heterocycles. The summed E-state index contributed by atoms with van der Waals surface area (Å²) in [5, 5.41) is 0. The SMILES string of the molecule is CC(Oc1ccc(C(C)(C)C)cc1)C(=O)OCC1CCCCO1. The highest BCUT2D eigenvalue weighted by atomic mass is 16.6. The first-order chi connectivity index (χ1) is 10.9. The van der Waals surface area contributed by atoms with Gasteiger partial charge in [-0.05, 0) is 49.3 Å². The summed E-state index contributed by atoms with van der Waals surface area (Å²) in [6, 6.07) is 7.86. The summed E-state index contributed by atoms with van der Waals surface area (Å²) in [5.41, 5.74) is 1.33. The van der Waals surface area contributed by atoms with Crippen LogP contribution in [0.2, 0.25) is 0 Å². The van der Waals surface area contributed by atoms with E-state index in [-0.39, 0.29) is 17.5 Å². The van der Waals surface area contributed by atoms with Gasteiger partial charge in [0.1, 0.15) is 12.4 Å². The number of benzene rings is 1. The van der Waals surface area contributed by atoms with Crippen LogP contribution in [-0.2, 0) is 19.7 Å². The maximum absolute atomic E-state index is 12.0. The molecule has 4 heteroatoms. The van der Waals surface area contributed by atoms with Gasteiger partial charge in [-0.15, -0.1) is 0 Å². The lowest BCUT2D eigenvalue weighted by molar-refractivity contribution is -0.156. The number of rotatable bonds is 5. The van der Waals surface area contributed by atoms with Crippen molar-refractivity contribution in [2.24, 2.45) is 0 Å². The number of carbonyl (C=O) groups is 1. The van der Waals surface area contributed by atoms with Crippen LogP contribution < -0.4 is 4.74 Å². The Morgan fingerprint density at radius 3 is 2.52 bits per heavy atom. The molecule has 4 nitrogen and oxygen atoms in total. The van der Waals surface area contributed by atoms with Crippen molar-refractivity contribution in [1.29, 1.82) is 0 Å². The Labute approximate surface area is 139 Å². The van der Waals surface area contributed by atoms with Crippen molar-refractivity contribution in [3.05, 3.63) is 29.8 Å². The molecule has 1 aliphatic heterocycles. The van der Waals surface area contributed by atoms with Gasteiger partial charge < -0.3 is 14.2 Å². The molecule has 1 aliphatic rings. The molecule has 1 aromatic carbocycles. The topological polar surface area (TPSA) is 44.8 Å². The van der Waals surface area contributed by atoms with Gasteiger partial charge in [-0.1, -0.05) is 32.9 Å². The molecule has 128 valence electrons. The van der Waals surface area contributed by atoms with E-state index in [9.17, 15) is 4.79 Å². The quantitative estimate of drug-likeness (QED) is 0.773. The van der Waals surface area contributed by atoms with Crippen LogP contribution in [0.1, 0.15) is 52.5 Å². The third-order valence-corrected chi connectivity index (χ3v) is 4.05. The first kappa shape index (κ1) is 17.8. The standard InChI is InChI=1S/C19H28O4/c1-14(18(20)22-13-17-7-5-6-12-21-17)23-16-10-8-15(9-11-16)19(2,3)4/h8-11,14,17H,5-7,12-13H2,1-4H3. The molecule has 0 aromatic heterocycles. The van der Waals surface area contributed by atoms with E-state index in [1.807, 2.05) is 24.3 Å². The third-order valence-electron chi connectivity index (χ3n) is 4.05. The van der Waals surface area contributed by atoms with Crippen molar-refractivity contribution in [3.63, 3.8) is 0 Å². The van der Waals surface area contributed by atoms with Gasteiger partial charge in [-0.25, -0.2) is 4.79 Å². The Balaban J connectivity index is 1.80. The van der Waals surface area contributed by atoms with E-state index in [1.165, 1.54) is 5.56 Å². The molecule has 1 fully saturated rings. The van der Waals surface area contributed by atoms with E-state index < -0.39 is 6.10 Å². The van der Waals surface area contributed by atoms with Crippen LogP contribution in [0.5, 0.6) is 5.75 Å². The van der Waals surface area contributed by atoms with Crippen molar-refractivity contribution in [2.75, 3.05) is 13.2 Å². The Hall–Kier alpha value is -1.55. The van der Waals surface area contributed by atoms with Gasteiger partial charge in [0.2, 0.25) is 0 Å². The van der Waals surface area contributed by atoms with Crippen LogP contribution in [0.15, 0.2) is 24.3 Å². The summed E-state index contributed by atoms with van der Waals surface area (Å²) in [7, 11) is 0. The summed E-state index contributed by atoms with van der Waals surface area (Å²) in [6.07, 6.45) is 2.59. The second-order valence-corrected chi connectivity index (χ2v) is 7.15. The zero-order valence-electron chi connectivity index (χ0n) is 14.6. The highest BCUT2D eigenvalue weighted by Crippen LogP contribution is 2.24. The first-order valence-corrected chi connectivity index (χ1v) is 8.42. The van der Waals surface area contributed by atoms with Gasteiger partial charge in [0, 0.05) is 6.61 Å². The lowest BCUT2D eigenvalue weighted by Crippen LogP contribution is -2.31. The molecule has 0 spiro atoms. The lowest BCUT2D eigenvalue weighted by atomic mass is 9.87. The van der Waals surface area contributed by atoms with E-state index in [2.05, 4.69) is 20.8 Å². The summed E-state index contributed by atoms with van der Waals surface area (Å²) in [6.45, 7) is 9.27. The van der Waals surface area contributed by atoms with E-state index in [4.69, 9.17) is 14.2 Å². The van der Waals surface area contributed by atoms with Gasteiger partial charge in [-0.2, -0.15) is 0 Å². The number of ether oxygens (including phenoxy) is 3. The average Bonchev–Trinajstić information content (AvgIpc) is 2.53. The fourth-order valence-corrected chi connectivity index (χ4v) is 2.52. The first-order valence-electron chi connectivity index (χ1n) is 8.42. The summed E-state index contributed by atoms with van der Waals surface area (Å²) in [5.74, 6) is 0.329. The largest absolute Gasteiger partial charge is 0.479 e. The molecular formula is C19H28O4. The molecule has 2 unspecified atom stereocenters. The number of hydrogen-bond donors (Lipinski definition) is 0. The molecule has 0 saturated carbocycles. The Kier molecular flexibility index (Phi) is 6.05. The molecule has 0 amide bonds. The second kappa shape index (κ2) is 7.82. The van der Waals surface area contributed by atoms with Crippen molar-refractivity contribution in [1.82, 2.24) is 0 Å². The van der Waals surface area contributed by atoms with Crippen LogP contribution in [0.3, 0.4) is 0 Å². The monoisotopic (exact) mass is 320 g/mol. The second-order valence-electron chi connectivity index (χ2n) is 7.15. The highest BCUT2D eigenvalue weighted by Gasteiger charge is 2.21. The van der Waals surface area contributed by atoms with E-state index in [0.717, 1.165) is 25.9 Å². The summed E-state index contributed by atoms with van der Waals surface area (Å²) < 4.78 is 16.5. The normalized spacial score (nSPS) is 19.9. The Morgan fingerprint density at radius 2 is 1.96 bits per heavy atom. The zero-order chi connectivity index (χ0) is 16.9. The fourth-order valence-electron chi connectivity index (χ4n) is 2.52. The van der Waals surface area contributed by atoms with Gasteiger partial charge in [0.05, 0.1) is 6.10 Å². The van der Waals surface area contributed by atoms with E-state index in [1.54, 1.807) is 6.92 Å². The van der Waals surface area contributed by atoms with Crippen molar-refractivity contribution < 1.29 is 19.0 Å². The van der Waals surface area contributed by atoms with Gasteiger partial charge in [-0.3, -0.25) is 0 Å². The van der Waals surface area contributed by atoms with Crippen molar-refractivity contribution in [3.8, 4) is 5.75 Å². The number of hydrogen-bond acceptors (Lipinski definition) is 4. The van der Waals surface area contributed by atoms with E-state index >= 15 is 0 Å². The molecule has 0 bridgehead atoms. The Morgan fingerprint density at radius 1 is 1.26 bits per heavy atom. The molecule has 0 N–H and O–H groups in total. The minimum atomic E-state index is -0.626. The molecular weight excluding hydrogens is 292 g/mol. The molecule has 1 saturated heterocycles. The summed E-state index contributed by atoms with van der Waals surface area (Å²) in [4.78, 5) is 12.0. The van der Waals surface area contributed by atoms with Crippen molar-refractivity contribution >= 4 is 5.97 Å². The predicted octanol–water partition coefficient (Wildman–Crippen LogP) is 3.86. The lowest BCUT2D eigenvalue weighted by Gasteiger charge is -2.23. The van der Waals surface area contributed by atoms with E-state index in [0.29, 0.717) is 12.4 Å². The molecule has 0 aliphatic carbocycles. The van der Waals surface area contributed by atoms with Crippen LogP contribution in [-0.4, -0.2) is 31.4 Å². The average molecular weight is 320 g/mol. The van der Waals surface area contributed by atoms with Crippen LogP contribution in [0.4, 0.5) is 0 Å². The minimum absolute atomic E-state index is 0.0333. The highest BCUT2D eigenvalue weighted by molar-refractivity contribution is 5.74. The molecule has 2 atom stereocenters. The van der Waals surface area contributed by atoms with Gasteiger partial charge >= 0.3 is 5.97 Å². The van der Waals surface area contributed by atoms with Crippen LogP contribution in [0.25, 0.3) is 0 Å². The number of carbonyl (C=O) groups excluding carboxylic acids is 1. The van der Waals surface area contributed by atoms with Crippen molar-refractivity contribution in [2.45, 2.75) is 64.6 Å². The smallest absolute Gasteiger partial charge is 0.347 e. The predicted molar refractivity (Wildman–Crippen MR) is 89.8 cm³/mol. The maximum Gasteiger partial charge on any atom is 0.347 e. The minimum Gasteiger partial charge on any atom is -0.479 e. The maximum atomic E-state index is 12.0. The Bertz CT molecular complexity index is 495. The molecule has 0 radical (unpaired) electrons. The fraction of sp³-hybridized carbons (Fsp3) is 0.632. The van der Waals surface area contributed by atoms with Gasteiger partial charge in [0.25, 0.3) is 0 Å². The van der Waals surface area contributed by atoms with Crippen LogP contribution in [0, 0.1) is 0 Å². The summed E-state index contributed by atoms with van der Waals surface area (Å²) >= 11 is 0.